The van der Waals surface area contributed by atoms with Gasteiger partial charge in [0, 0.05) is 34.3 Å². The van der Waals surface area contributed by atoms with Gasteiger partial charge < -0.3 is 9.30 Å². The number of para-hydroxylation sites is 1. The summed E-state index contributed by atoms with van der Waals surface area (Å²) in [5.74, 6) is 0. The van der Waals surface area contributed by atoms with Crippen molar-refractivity contribution in [1.29, 1.82) is 0 Å². The van der Waals surface area contributed by atoms with Gasteiger partial charge in [-0.3, -0.25) is 0 Å². The molecule has 0 aliphatic carbocycles. The van der Waals surface area contributed by atoms with Crippen molar-refractivity contribution >= 4 is 30.6 Å². The van der Waals surface area contributed by atoms with Crippen LogP contribution in [-0.2, 0) is 20.3 Å². The van der Waals surface area contributed by atoms with Crippen molar-refractivity contribution in [3.05, 3.63) is 30.5 Å². The van der Waals surface area contributed by atoms with Crippen molar-refractivity contribution in [2.75, 3.05) is 6.61 Å². The minimum absolute atomic E-state index is 0.144. The number of hydrogen-bond donors (Lipinski definition) is 0. The van der Waals surface area contributed by atoms with Gasteiger partial charge in [-0.15, -0.1) is 0 Å². The SMILES string of the molecule is CC(C)(C)OCCn1cc(S(=O)(=O)Cl)c2ccccc21. The molecule has 6 heteroatoms. The number of hydrogen-bond acceptors (Lipinski definition) is 3. The van der Waals surface area contributed by atoms with E-state index in [4.69, 9.17) is 15.4 Å². The molecule has 4 nitrogen and oxygen atoms in total. The number of nitrogens with zero attached hydrogens (tertiary/aromatic N) is 1. The van der Waals surface area contributed by atoms with Crippen molar-refractivity contribution in [3.8, 4) is 0 Å². The maximum absolute atomic E-state index is 11.6. The highest BCUT2D eigenvalue weighted by Crippen LogP contribution is 2.27. The fourth-order valence-corrected chi connectivity index (χ4v) is 3.10. The molecule has 0 aliphatic heterocycles. The Morgan fingerprint density at radius 1 is 1.25 bits per heavy atom. The molecule has 1 aromatic carbocycles. The highest BCUT2D eigenvalue weighted by molar-refractivity contribution is 8.14. The Morgan fingerprint density at radius 3 is 2.50 bits per heavy atom. The Bertz CT molecular complexity index is 714. The summed E-state index contributed by atoms with van der Waals surface area (Å²) in [4.78, 5) is 0.144. The van der Waals surface area contributed by atoms with Crippen LogP contribution >= 0.6 is 10.7 Å². The molecule has 0 radical (unpaired) electrons. The second kappa shape index (κ2) is 5.39. The first-order valence-electron chi connectivity index (χ1n) is 6.35. The summed E-state index contributed by atoms with van der Waals surface area (Å²) < 4.78 is 30.8. The zero-order chi connectivity index (χ0) is 15.0. The standard InChI is InChI=1S/C14H18ClNO3S/c1-14(2,3)19-9-8-16-10-13(20(15,17)18)11-6-4-5-7-12(11)16/h4-7,10H,8-9H2,1-3H3. The number of fused-ring (bicyclic) bond motifs is 1. The van der Waals surface area contributed by atoms with Crippen LogP contribution in [0.15, 0.2) is 35.4 Å². The molecule has 0 atom stereocenters. The van der Waals surface area contributed by atoms with E-state index in [9.17, 15) is 8.42 Å². The maximum Gasteiger partial charge on any atom is 0.263 e. The number of benzene rings is 1. The Kier molecular flexibility index (Phi) is 4.14. The fourth-order valence-electron chi connectivity index (χ4n) is 2.04. The summed E-state index contributed by atoms with van der Waals surface area (Å²) in [5, 5.41) is 0.637. The Morgan fingerprint density at radius 2 is 1.90 bits per heavy atom. The van der Waals surface area contributed by atoms with Gasteiger partial charge in [0.1, 0.15) is 4.90 Å². The highest BCUT2D eigenvalue weighted by atomic mass is 35.7. The topological polar surface area (TPSA) is 48.3 Å². The number of aromatic nitrogens is 1. The van der Waals surface area contributed by atoms with Crippen LogP contribution in [0.25, 0.3) is 10.9 Å². The van der Waals surface area contributed by atoms with E-state index in [-0.39, 0.29) is 10.5 Å². The third-order valence-corrected chi connectivity index (χ3v) is 4.23. The lowest BCUT2D eigenvalue weighted by atomic mass is 10.2. The molecule has 0 fully saturated rings. The second-order valence-corrected chi connectivity index (χ2v) is 8.14. The molecule has 2 aromatic rings. The van der Waals surface area contributed by atoms with E-state index in [0.29, 0.717) is 18.5 Å². The molecule has 2 rings (SSSR count). The van der Waals surface area contributed by atoms with Gasteiger partial charge in [-0.25, -0.2) is 8.42 Å². The summed E-state index contributed by atoms with van der Waals surface area (Å²) in [6, 6.07) is 7.29. The van der Waals surface area contributed by atoms with Crippen molar-refractivity contribution in [2.45, 2.75) is 37.8 Å². The van der Waals surface area contributed by atoms with Crippen LogP contribution in [0.2, 0.25) is 0 Å². The minimum atomic E-state index is -3.75. The van der Waals surface area contributed by atoms with E-state index in [0.717, 1.165) is 5.52 Å². The Balaban J connectivity index is 2.35. The quantitative estimate of drug-likeness (QED) is 0.813. The third-order valence-electron chi connectivity index (χ3n) is 2.88. The predicted octanol–water partition coefficient (Wildman–Crippen LogP) is 3.38. The number of rotatable bonds is 4. The molecular formula is C14H18ClNO3S. The first-order chi connectivity index (χ1) is 9.18. The molecular weight excluding hydrogens is 298 g/mol. The van der Waals surface area contributed by atoms with Crippen LogP contribution in [0.4, 0.5) is 0 Å². The molecule has 0 bridgehead atoms. The minimum Gasteiger partial charge on any atom is -0.374 e. The van der Waals surface area contributed by atoms with Crippen molar-refractivity contribution < 1.29 is 13.2 Å². The van der Waals surface area contributed by atoms with Crippen LogP contribution < -0.4 is 0 Å². The van der Waals surface area contributed by atoms with E-state index >= 15 is 0 Å². The molecule has 20 heavy (non-hydrogen) atoms. The second-order valence-electron chi connectivity index (χ2n) is 5.60. The zero-order valence-electron chi connectivity index (χ0n) is 11.8. The normalized spacial score (nSPS) is 13.0. The van der Waals surface area contributed by atoms with Crippen molar-refractivity contribution in [2.24, 2.45) is 0 Å². The molecule has 110 valence electrons. The molecule has 1 aromatic heterocycles. The first kappa shape index (κ1) is 15.4. The summed E-state index contributed by atoms with van der Waals surface area (Å²) >= 11 is 0. The summed E-state index contributed by atoms with van der Waals surface area (Å²) in [5.41, 5.74) is 0.619. The van der Waals surface area contributed by atoms with E-state index in [1.807, 2.05) is 37.5 Å². The zero-order valence-corrected chi connectivity index (χ0v) is 13.3. The molecule has 0 amide bonds. The van der Waals surface area contributed by atoms with E-state index in [1.54, 1.807) is 18.3 Å². The molecule has 0 N–H and O–H groups in total. The summed E-state index contributed by atoms with van der Waals surface area (Å²) in [6.45, 7) is 7.02. The lowest BCUT2D eigenvalue weighted by Gasteiger charge is -2.19. The van der Waals surface area contributed by atoms with Crippen LogP contribution in [0.1, 0.15) is 20.8 Å². The largest absolute Gasteiger partial charge is 0.374 e. The van der Waals surface area contributed by atoms with Gasteiger partial charge in [0.05, 0.1) is 12.2 Å². The molecule has 0 spiro atoms. The maximum atomic E-state index is 11.6. The van der Waals surface area contributed by atoms with Crippen LogP contribution in [0.3, 0.4) is 0 Å². The lowest BCUT2D eigenvalue weighted by molar-refractivity contribution is -0.00647. The summed E-state index contributed by atoms with van der Waals surface area (Å²) in [7, 11) is 1.73. The van der Waals surface area contributed by atoms with E-state index in [1.165, 1.54) is 0 Å². The predicted molar refractivity (Wildman–Crippen MR) is 80.7 cm³/mol. The van der Waals surface area contributed by atoms with Gasteiger partial charge >= 0.3 is 0 Å². The monoisotopic (exact) mass is 315 g/mol. The lowest BCUT2D eigenvalue weighted by Crippen LogP contribution is -2.21. The van der Waals surface area contributed by atoms with Crippen LogP contribution in [-0.4, -0.2) is 25.2 Å². The fraction of sp³-hybridized carbons (Fsp3) is 0.429. The van der Waals surface area contributed by atoms with Crippen LogP contribution in [0.5, 0.6) is 0 Å². The van der Waals surface area contributed by atoms with Gasteiger partial charge in [0.25, 0.3) is 9.05 Å². The average Bonchev–Trinajstić information content (AvgIpc) is 2.67. The summed E-state index contributed by atoms with van der Waals surface area (Å²) in [6.07, 6.45) is 1.57. The number of halogens is 1. The Hall–Kier alpha value is -1.04. The van der Waals surface area contributed by atoms with Crippen molar-refractivity contribution in [3.63, 3.8) is 0 Å². The molecule has 1 heterocycles. The molecule has 0 saturated heterocycles. The van der Waals surface area contributed by atoms with Gasteiger partial charge in [-0.1, -0.05) is 18.2 Å². The van der Waals surface area contributed by atoms with Gasteiger partial charge in [-0.2, -0.15) is 0 Å². The van der Waals surface area contributed by atoms with Gasteiger partial charge in [0.2, 0.25) is 0 Å². The van der Waals surface area contributed by atoms with Crippen molar-refractivity contribution in [1.82, 2.24) is 4.57 Å². The Labute approximate surface area is 123 Å². The molecule has 0 saturated carbocycles. The van der Waals surface area contributed by atoms with Gasteiger partial charge in [-0.05, 0) is 26.8 Å². The van der Waals surface area contributed by atoms with Gasteiger partial charge in [0.15, 0.2) is 0 Å². The molecule has 0 aliphatic rings. The van der Waals surface area contributed by atoms with E-state index < -0.39 is 9.05 Å². The first-order valence-corrected chi connectivity index (χ1v) is 8.66. The van der Waals surface area contributed by atoms with E-state index in [2.05, 4.69) is 0 Å². The smallest absolute Gasteiger partial charge is 0.263 e. The number of ether oxygens (including phenoxy) is 1. The third kappa shape index (κ3) is 3.53. The average molecular weight is 316 g/mol. The van der Waals surface area contributed by atoms with Crippen LogP contribution in [0, 0.1) is 0 Å². The molecule has 0 unspecified atom stereocenters. The highest BCUT2D eigenvalue weighted by Gasteiger charge is 2.18.